The molecule has 0 saturated carbocycles. The molecule has 1 unspecified atom stereocenters. The van der Waals surface area contributed by atoms with Crippen LogP contribution in [0, 0.1) is 5.92 Å². The van der Waals surface area contributed by atoms with Crippen molar-refractivity contribution >= 4 is 29.0 Å². The van der Waals surface area contributed by atoms with E-state index in [-0.39, 0.29) is 23.4 Å². The van der Waals surface area contributed by atoms with Crippen molar-refractivity contribution in [3.05, 3.63) is 35.2 Å². The molecule has 1 aliphatic rings. The molecule has 0 spiro atoms. The lowest BCUT2D eigenvalue weighted by Crippen LogP contribution is -2.43. The standard InChI is InChI=1S/C20H26N4O2S/c1-20(2,3)24-11-14(8-18(24)25)10-23(4)19(26)22-16-7-5-6-15(9-16)17-12-27-13-21-17/h5-7,9,12-14H,8,10-11H2,1-4H3,(H,22,26). The van der Waals surface area contributed by atoms with Gasteiger partial charge in [-0.1, -0.05) is 12.1 Å². The summed E-state index contributed by atoms with van der Waals surface area (Å²) in [6, 6.07) is 7.48. The molecule has 7 heteroatoms. The third-order valence-electron chi connectivity index (χ3n) is 4.74. The monoisotopic (exact) mass is 386 g/mol. The van der Waals surface area contributed by atoms with Gasteiger partial charge < -0.3 is 15.1 Å². The Morgan fingerprint density at radius 1 is 1.41 bits per heavy atom. The maximum absolute atomic E-state index is 12.6. The molecule has 3 amide bonds. The van der Waals surface area contributed by atoms with E-state index in [1.807, 2.05) is 55.3 Å². The topological polar surface area (TPSA) is 65.5 Å². The summed E-state index contributed by atoms with van der Waals surface area (Å²) in [5.41, 5.74) is 4.22. The highest BCUT2D eigenvalue weighted by Gasteiger charge is 2.36. The van der Waals surface area contributed by atoms with Crippen LogP contribution in [-0.4, -0.2) is 52.4 Å². The molecule has 144 valence electrons. The van der Waals surface area contributed by atoms with Crippen molar-refractivity contribution in [1.82, 2.24) is 14.8 Å². The van der Waals surface area contributed by atoms with E-state index in [0.29, 0.717) is 19.5 Å². The van der Waals surface area contributed by atoms with E-state index in [0.717, 1.165) is 16.9 Å². The van der Waals surface area contributed by atoms with Gasteiger partial charge in [0.1, 0.15) is 0 Å². The Bertz CT molecular complexity index is 814. The summed E-state index contributed by atoms with van der Waals surface area (Å²) in [6.07, 6.45) is 0.494. The number of aromatic nitrogens is 1. The molecule has 27 heavy (non-hydrogen) atoms. The van der Waals surface area contributed by atoms with Crippen LogP contribution >= 0.6 is 11.3 Å². The second-order valence-corrected chi connectivity index (χ2v) is 8.73. The number of hydrogen-bond donors (Lipinski definition) is 1. The van der Waals surface area contributed by atoms with Crippen LogP contribution in [0.15, 0.2) is 35.2 Å². The SMILES string of the molecule is CN(CC1CC(=O)N(C(C)(C)C)C1)C(=O)Nc1cccc(-c2cscn2)c1. The van der Waals surface area contributed by atoms with Crippen molar-refractivity contribution in [2.45, 2.75) is 32.7 Å². The van der Waals surface area contributed by atoms with E-state index in [4.69, 9.17) is 0 Å². The molecule has 0 radical (unpaired) electrons. The van der Waals surface area contributed by atoms with E-state index >= 15 is 0 Å². The van der Waals surface area contributed by atoms with Gasteiger partial charge in [0.15, 0.2) is 0 Å². The van der Waals surface area contributed by atoms with Crippen molar-refractivity contribution < 1.29 is 9.59 Å². The average Bonchev–Trinajstić information content (AvgIpc) is 3.24. The molecule has 1 atom stereocenters. The zero-order valence-corrected chi connectivity index (χ0v) is 17.0. The minimum Gasteiger partial charge on any atom is -0.337 e. The lowest BCUT2D eigenvalue weighted by molar-refractivity contribution is -0.131. The van der Waals surface area contributed by atoms with Gasteiger partial charge in [-0.2, -0.15) is 0 Å². The lowest BCUT2D eigenvalue weighted by Gasteiger charge is -2.32. The van der Waals surface area contributed by atoms with Gasteiger partial charge in [0.05, 0.1) is 11.2 Å². The highest BCUT2D eigenvalue weighted by Crippen LogP contribution is 2.26. The molecule has 0 bridgehead atoms. The second-order valence-electron chi connectivity index (χ2n) is 8.01. The molecule has 1 N–H and O–H groups in total. The van der Waals surface area contributed by atoms with Gasteiger partial charge in [0.25, 0.3) is 0 Å². The first-order valence-electron chi connectivity index (χ1n) is 9.05. The minimum absolute atomic E-state index is 0.161. The third-order valence-corrected chi connectivity index (χ3v) is 5.32. The summed E-state index contributed by atoms with van der Waals surface area (Å²) in [4.78, 5) is 32.6. The van der Waals surface area contributed by atoms with Crippen LogP contribution in [0.4, 0.5) is 10.5 Å². The van der Waals surface area contributed by atoms with E-state index in [1.54, 1.807) is 28.8 Å². The fraction of sp³-hybridized carbons (Fsp3) is 0.450. The quantitative estimate of drug-likeness (QED) is 0.866. The van der Waals surface area contributed by atoms with E-state index in [2.05, 4.69) is 10.3 Å². The number of rotatable bonds is 4. The molecule has 3 rings (SSSR count). The number of anilines is 1. The Labute approximate surface area is 164 Å². The summed E-state index contributed by atoms with van der Waals surface area (Å²) in [5, 5.41) is 4.91. The Balaban J connectivity index is 1.59. The predicted octanol–water partition coefficient (Wildman–Crippen LogP) is 3.92. The fourth-order valence-electron chi connectivity index (χ4n) is 3.35. The average molecular weight is 387 g/mol. The van der Waals surface area contributed by atoms with Crippen LogP contribution in [0.25, 0.3) is 11.3 Å². The maximum Gasteiger partial charge on any atom is 0.321 e. The Morgan fingerprint density at radius 2 is 2.19 bits per heavy atom. The van der Waals surface area contributed by atoms with Gasteiger partial charge in [-0.15, -0.1) is 11.3 Å². The molecule has 6 nitrogen and oxygen atoms in total. The van der Waals surface area contributed by atoms with Crippen LogP contribution < -0.4 is 5.32 Å². The van der Waals surface area contributed by atoms with Crippen molar-refractivity contribution in [2.75, 3.05) is 25.5 Å². The van der Waals surface area contributed by atoms with Crippen molar-refractivity contribution in [2.24, 2.45) is 5.92 Å². The predicted molar refractivity (Wildman–Crippen MR) is 109 cm³/mol. The number of amides is 3. The zero-order valence-electron chi connectivity index (χ0n) is 16.2. The van der Waals surface area contributed by atoms with Gasteiger partial charge in [0.2, 0.25) is 5.91 Å². The summed E-state index contributed by atoms with van der Waals surface area (Å²) in [7, 11) is 1.77. The Hall–Kier alpha value is -2.41. The van der Waals surface area contributed by atoms with Gasteiger partial charge in [0, 0.05) is 54.6 Å². The summed E-state index contributed by atoms with van der Waals surface area (Å²) < 4.78 is 0. The molecule has 1 fully saturated rings. The van der Waals surface area contributed by atoms with Gasteiger partial charge in [-0.05, 0) is 32.9 Å². The number of hydrogen-bond acceptors (Lipinski definition) is 4. The highest BCUT2D eigenvalue weighted by molar-refractivity contribution is 7.07. The highest BCUT2D eigenvalue weighted by atomic mass is 32.1. The Morgan fingerprint density at radius 3 is 2.81 bits per heavy atom. The molecule has 1 aliphatic heterocycles. The first kappa shape index (κ1) is 19.4. The number of benzene rings is 1. The van der Waals surface area contributed by atoms with Crippen LogP contribution in [0.1, 0.15) is 27.2 Å². The molecule has 2 aromatic rings. The van der Waals surface area contributed by atoms with Gasteiger partial charge >= 0.3 is 6.03 Å². The van der Waals surface area contributed by atoms with Crippen molar-refractivity contribution in [3.63, 3.8) is 0 Å². The minimum atomic E-state index is -0.178. The van der Waals surface area contributed by atoms with Gasteiger partial charge in [-0.3, -0.25) is 4.79 Å². The number of carbonyl (C=O) groups is 2. The molecule has 2 heterocycles. The summed E-state index contributed by atoms with van der Waals surface area (Å²) in [6.45, 7) is 7.37. The fourth-order valence-corrected chi connectivity index (χ4v) is 3.91. The van der Waals surface area contributed by atoms with Crippen molar-refractivity contribution in [3.8, 4) is 11.3 Å². The van der Waals surface area contributed by atoms with E-state index in [1.165, 1.54) is 0 Å². The Kier molecular flexibility index (Phi) is 5.51. The molecular weight excluding hydrogens is 360 g/mol. The van der Waals surface area contributed by atoms with Gasteiger partial charge in [-0.25, -0.2) is 9.78 Å². The zero-order chi connectivity index (χ0) is 19.6. The van der Waals surface area contributed by atoms with Crippen LogP contribution in [-0.2, 0) is 4.79 Å². The summed E-state index contributed by atoms with van der Waals surface area (Å²) in [5.74, 6) is 0.325. The maximum atomic E-state index is 12.6. The normalized spacial score (nSPS) is 17.3. The van der Waals surface area contributed by atoms with E-state index < -0.39 is 0 Å². The second kappa shape index (κ2) is 7.68. The van der Waals surface area contributed by atoms with Crippen LogP contribution in [0.3, 0.4) is 0 Å². The van der Waals surface area contributed by atoms with E-state index in [9.17, 15) is 9.59 Å². The first-order chi connectivity index (χ1) is 12.7. The third kappa shape index (κ3) is 4.66. The number of carbonyl (C=O) groups excluding carboxylic acids is 2. The van der Waals surface area contributed by atoms with Crippen LogP contribution in [0.2, 0.25) is 0 Å². The number of nitrogens with zero attached hydrogens (tertiary/aromatic N) is 3. The number of urea groups is 1. The summed E-state index contributed by atoms with van der Waals surface area (Å²) >= 11 is 1.54. The first-order valence-corrected chi connectivity index (χ1v) is 9.99. The molecule has 1 saturated heterocycles. The van der Waals surface area contributed by atoms with Crippen LogP contribution in [0.5, 0.6) is 0 Å². The number of nitrogens with one attached hydrogen (secondary N) is 1. The number of thiazole rings is 1. The molecule has 0 aliphatic carbocycles. The molecule has 1 aromatic carbocycles. The molecular formula is C20H26N4O2S. The molecule has 1 aromatic heterocycles. The smallest absolute Gasteiger partial charge is 0.321 e. The largest absolute Gasteiger partial charge is 0.337 e. The number of likely N-dealkylation sites (tertiary alicyclic amines) is 1. The lowest BCUT2D eigenvalue weighted by atomic mass is 10.1. The van der Waals surface area contributed by atoms with Crippen molar-refractivity contribution in [1.29, 1.82) is 0 Å².